The Morgan fingerprint density at radius 2 is 1.91 bits per heavy atom. The van der Waals surface area contributed by atoms with E-state index >= 15 is 0 Å². The average molecular weight is 451 g/mol. The Morgan fingerprint density at radius 1 is 1.16 bits per heavy atom. The smallest absolute Gasteiger partial charge is 0.248 e. The molecule has 1 fully saturated rings. The van der Waals surface area contributed by atoms with Crippen LogP contribution >= 0.6 is 11.3 Å². The van der Waals surface area contributed by atoms with Crippen LogP contribution in [0.2, 0.25) is 0 Å². The first-order chi connectivity index (χ1) is 15.5. The van der Waals surface area contributed by atoms with E-state index in [-0.39, 0.29) is 18.2 Å². The highest BCUT2D eigenvalue weighted by molar-refractivity contribution is 7.13. The number of amides is 2. The normalized spacial score (nSPS) is 16.1. The molecule has 32 heavy (non-hydrogen) atoms. The van der Waals surface area contributed by atoms with Gasteiger partial charge in [-0.05, 0) is 55.1 Å². The second kappa shape index (κ2) is 10.2. The molecule has 2 aromatic carbocycles. The van der Waals surface area contributed by atoms with Crippen LogP contribution in [-0.2, 0) is 22.6 Å². The summed E-state index contributed by atoms with van der Waals surface area (Å²) in [6, 6.07) is 13.3. The van der Waals surface area contributed by atoms with E-state index in [1.807, 2.05) is 47.8 Å². The number of nitrogens with one attached hydrogen (secondary N) is 2. The molecule has 1 aromatic heterocycles. The van der Waals surface area contributed by atoms with Gasteiger partial charge in [0, 0.05) is 11.9 Å². The second-order valence-electron chi connectivity index (χ2n) is 8.70. The lowest BCUT2D eigenvalue weighted by Gasteiger charge is -2.29. The highest BCUT2D eigenvalue weighted by atomic mass is 32.1. The first kappa shape index (κ1) is 22.4. The van der Waals surface area contributed by atoms with Gasteiger partial charge in [0.15, 0.2) is 5.13 Å². The summed E-state index contributed by atoms with van der Waals surface area (Å²) >= 11 is 1.42. The fourth-order valence-electron chi connectivity index (χ4n) is 4.08. The molecule has 1 atom stereocenters. The number of hydrogen-bond acceptors (Lipinski definition) is 5. The molecule has 7 heteroatoms. The molecule has 2 N–H and O–H groups in total. The number of anilines is 1. The van der Waals surface area contributed by atoms with E-state index in [9.17, 15) is 9.59 Å². The fraction of sp³-hybridized carbons (Fsp3) is 0.400. The summed E-state index contributed by atoms with van der Waals surface area (Å²) in [6.07, 6.45) is 2.68. The first-order valence-electron chi connectivity index (χ1n) is 11.2. The molecular weight excluding hydrogens is 420 g/mol. The highest BCUT2D eigenvalue weighted by Crippen LogP contribution is 2.21. The third-order valence-corrected chi connectivity index (χ3v) is 6.85. The van der Waals surface area contributed by atoms with Crippen molar-refractivity contribution in [3.05, 3.63) is 59.1 Å². The number of carbonyl (C=O) groups excluding carboxylic acids is 2. The van der Waals surface area contributed by atoms with Crippen molar-refractivity contribution < 1.29 is 9.59 Å². The summed E-state index contributed by atoms with van der Waals surface area (Å²) in [5.41, 5.74) is 1.93. The van der Waals surface area contributed by atoms with E-state index < -0.39 is 6.04 Å². The fourth-order valence-corrected chi connectivity index (χ4v) is 4.78. The van der Waals surface area contributed by atoms with Crippen molar-refractivity contribution in [2.75, 3.05) is 18.4 Å². The minimum Gasteiger partial charge on any atom is -0.344 e. The van der Waals surface area contributed by atoms with Gasteiger partial charge in [-0.3, -0.25) is 14.5 Å². The summed E-state index contributed by atoms with van der Waals surface area (Å²) in [7, 11) is 0. The highest BCUT2D eigenvalue weighted by Gasteiger charge is 2.19. The SMILES string of the molecule is CC1CCN(Cc2csc(NC(=O)C(C)NC(=O)Cc3cccc4ccccc34)n2)CC1. The number of benzene rings is 2. The molecule has 3 aromatic rings. The number of thiazole rings is 1. The summed E-state index contributed by atoms with van der Waals surface area (Å²) in [4.78, 5) is 32.1. The third-order valence-electron chi connectivity index (χ3n) is 6.05. The van der Waals surface area contributed by atoms with Crippen LogP contribution in [0.4, 0.5) is 5.13 Å². The Bertz CT molecular complexity index is 1080. The molecule has 4 rings (SSSR count). The molecule has 6 nitrogen and oxygen atoms in total. The zero-order valence-electron chi connectivity index (χ0n) is 18.6. The molecule has 1 aliphatic heterocycles. The lowest BCUT2D eigenvalue weighted by Crippen LogP contribution is -2.42. The van der Waals surface area contributed by atoms with Crippen LogP contribution in [0.15, 0.2) is 47.8 Å². The number of likely N-dealkylation sites (tertiary alicyclic amines) is 1. The van der Waals surface area contributed by atoms with Crippen LogP contribution in [-0.4, -0.2) is 40.8 Å². The average Bonchev–Trinajstić information content (AvgIpc) is 3.22. The van der Waals surface area contributed by atoms with Crippen molar-refractivity contribution in [3.63, 3.8) is 0 Å². The van der Waals surface area contributed by atoms with Crippen molar-refractivity contribution in [1.29, 1.82) is 0 Å². The van der Waals surface area contributed by atoms with Crippen LogP contribution in [0, 0.1) is 5.92 Å². The maximum absolute atomic E-state index is 12.6. The standard InChI is InChI=1S/C25H30N4O2S/c1-17-10-12-29(13-11-17)15-21-16-32-25(27-21)28-24(31)18(2)26-23(30)14-20-8-5-7-19-6-3-4-9-22(19)20/h3-9,16-18H,10-15H2,1-2H3,(H,26,30)(H,27,28,31). The van der Waals surface area contributed by atoms with Gasteiger partial charge in [0.25, 0.3) is 0 Å². The van der Waals surface area contributed by atoms with E-state index in [1.54, 1.807) is 6.92 Å². The molecule has 1 saturated heterocycles. The molecule has 0 aliphatic carbocycles. The van der Waals surface area contributed by atoms with Crippen molar-refractivity contribution in [2.24, 2.45) is 5.92 Å². The maximum Gasteiger partial charge on any atom is 0.248 e. The monoisotopic (exact) mass is 450 g/mol. The maximum atomic E-state index is 12.6. The quantitative estimate of drug-likeness (QED) is 0.565. The van der Waals surface area contributed by atoms with Crippen molar-refractivity contribution >= 4 is 39.1 Å². The summed E-state index contributed by atoms with van der Waals surface area (Å²) in [5.74, 6) is 0.362. The van der Waals surface area contributed by atoms with Crippen LogP contribution in [0.5, 0.6) is 0 Å². The van der Waals surface area contributed by atoms with Crippen molar-refractivity contribution in [1.82, 2.24) is 15.2 Å². The van der Waals surface area contributed by atoms with Gasteiger partial charge in [0.05, 0.1) is 12.1 Å². The van der Waals surface area contributed by atoms with E-state index in [4.69, 9.17) is 0 Å². The van der Waals surface area contributed by atoms with Gasteiger partial charge in [0.2, 0.25) is 11.8 Å². The van der Waals surface area contributed by atoms with E-state index in [0.29, 0.717) is 5.13 Å². The third kappa shape index (κ3) is 5.72. The first-order valence-corrected chi connectivity index (χ1v) is 12.1. The largest absolute Gasteiger partial charge is 0.344 e. The molecule has 2 amide bonds. The minimum absolute atomic E-state index is 0.178. The molecule has 0 radical (unpaired) electrons. The molecule has 0 saturated carbocycles. The van der Waals surface area contributed by atoms with Crippen LogP contribution in [0.25, 0.3) is 10.8 Å². The second-order valence-corrected chi connectivity index (χ2v) is 9.55. The number of fused-ring (bicyclic) bond motifs is 1. The molecule has 0 bridgehead atoms. The lowest BCUT2D eigenvalue weighted by atomic mass is 9.99. The molecule has 2 heterocycles. The number of aromatic nitrogens is 1. The van der Waals surface area contributed by atoms with Crippen LogP contribution < -0.4 is 10.6 Å². The Kier molecular flexibility index (Phi) is 7.17. The topological polar surface area (TPSA) is 74.3 Å². The van der Waals surface area contributed by atoms with Crippen molar-refractivity contribution in [3.8, 4) is 0 Å². The molecule has 0 spiro atoms. The number of piperidine rings is 1. The molecule has 1 aliphatic rings. The number of hydrogen-bond donors (Lipinski definition) is 2. The Labute approximate surface area is 193 Å². The summed E-state index contributed by atoms with van der Waals surface area (Å²) in [5, 5.41) is 10.4. The van der Waals surface area contributed by atoms with Gasteiger partial charge in [0.1, 0.15) is 6.04 Å². The molecule has 1 unspecified atom stereocenters. The van der Waals surface area contributed by atoms with E-state index in [0.717, 1.165) is 47.6 Å². The Hall–Kier alpha value is -2.77. The van der Waals surface area contributed by atoms with Gasteiger partial charge < -0.3 is 10.6 Å². The predicted molar refractivity (Wildman–Crippen MR) is 130 cm³/mol. The van der Waals surface area contributed by atoms with Crippen LogP contribution in [0.1, 0.15) is 37.9 Å². The van der Waals surface area contributed by atoms with Gasteiger partial charge in [-0.15, -0.1) is 11.3 Å². The minimum atomic E-state index is -0.645. The van der Waals surface area contributed by atoms with Crippen LogP contribution in [0.3, 0.4) is 0 Å². The van der Waals surface area contributed by atoms with Gasteiger partial charge in [-0.2, -0.15) is 0 Å². The zero-order valence-corrected chi connectivity index (χ0v) is 19.5. The lowest BCUT2D eigenvalue weighted by molar-refractivity contribution is -0.125. The van der Waals surface area contributed by atoms with Gasteiger partial charge in [-0.25, -0.2) is 4.98 Å². The van der Waals surface area contributed by atoms with Crippen molar-refractivity contribution in [2.45, 2.75) is 45.7 Å². The number of rotatable bonds is 7. The summed E-state index contributed by atoms with van der Waals surface area (Å²) < 4.78 is 0. The van der Waals surface area contributed by atoms with Gasteiger partial charge in [-0.1, -0.05) is 49.4 Å². The molecule has 168 valence electrons. The van der Waals surface area contributed by atoms with E-state index in [1.165, 1.54) is 24.2 Å². The molecular formula is C25H30N4O2S. The van der Waals surface area contributed by atoms with Gasteiger partial charge >= 0.3 is 0 Å². The number of carbonyl (C=O) groups is 2. The van der Waals surface area contributed by atoms with E-state index in [2.05, 4.69) is 27.4 Å². The Balaban J connectivity index is 1.28. The summed E-state index contributed by atoms with van der Waals surface area (Å²) in [6.45, 7) is 7.01. The Morgan fingerprint density at radius 3 is 2.72 bits per heavy atom. The zero-order chi connectivity index (χ0) is 22.5. The predicted octanol–water partition coefficient (Wildman–Crippen LogP) is 4.21. The number of nitrogens with zero attached hydrogens (tertiary/aromatic N) is 2.